The summed E-state index contributed by atoms with van der Waals surface area (Å²) < 4.78 is 60.7. The summed E-state index contributed by atoms with van der Waals surface area (Å²) >= 11 is 1.21. The number of alkyl halides is 4. The third-order valence-corrected chi connectivity index (χ3v) is 9.04. The highest BCUT2D eigenvalue weighted by Crippen LogP contribution is 2.38. The van der Waals surface area contributed by atoms with Crippen molar-refractivity contribution in [1.82, 2.24) is 9.88 Å². The Morgan fingerprint density at radius 1 is 1.17 bits per heavy atom. The molecule has 2 heterocycles. The number of aromatic nitrogens is 1. The molecule has 1 N–H and O–H groups in total. The van der Waals surface area contributed by atoms with Crippen LogP contribution >= 0.6 is 11.8 Å². The van der Waals surface area contributed by atoms with Gasteiger partial charge in [0.15, 0.2) is 0 Å². The van der Waals surface area contributed by atoms with E-state index in [1.807, 2.05) is 6.07 Å². The zero-order valence-electron chi connectivity index (χ0n) is 23.1. The molecule has 1 aliphatic rings. The number of nitrogens with zero attached hydrogens (tertiary/aromatic N) is 2. The lowest BCUT2D eigenvalue weighted by Gasteiger charge is -2.39. The maximum atomic E-state index is 15.6. The number of hydrogen-bond acceptors (Lipinski definition) is 5. The largest absolute Gasteiger partial charge is 0.497 e. The number of carboxylic acid groups (broad SMARTS) is 1. The minimum atomic E-state index is -4.38. The van der Waals surface area contributed by atoms with Gasteiger partial charge in [0.25, 0.3) is 0 Å². The van der Waals surface area contributed by atoms with E-state index >= 15 is 4.39 Å². The molecule has 3 aromatic rings. The molecule has 2 aromatic carbocycles. The zero-order chi connectivity index (χ0) is 29.4. The predicted octanol–water partition coefficient (Wildman–Crippen LogP) is 8.04. The molecule has 1 saturated heterocycles. The van der Waals surface area contributed by atoms with Gasteiger partial charge in [0.1, 0.15) is 11.9 Å². The van der Waals surface area contributed by atoms with E-state index < -0.39 is 23.9 Å². The highest BCUT2D eigenvalue weighted by Gasteiger charge is 2.33. The van der Waals surface area contributed by atoms with Crippen LogP contribution in [0.25, 0.3) is 10.9 Å². The summed E-state index contributed by atoms with van der Waals surface area (Å²) in [6.07, 6.45) is -0.809. The molecule has 3 atom stereocenters. The van der Waals surface area contributed by atoms with Gasteiger partial charge < -0.3 is 14.7 Å². The Morgan fingerprint density at radius 2 is 1.98 bits per heavy atom. The van der Waals surface area contributed by atoms with Gasteiger partial charge in [0.05, 0.1) is 18.2 Å². The predicted molar refractivity (Wildman–Crippen MR) is 153 cm³/mol. The second-order valence-electron chi connectivity index (χ2n) is 10.6. The number of halogens is 4. The molecule has 222 valence electrons. The quantitative estimate of drug-likeness (QED) is 0.123. The molecule has 10 heteroatoms. The maximum Gasteiger partial charge on any atom is 0.417 e. The Morgan fingerprint density at radius 3 is 2.73 bits per heavy atom. The normalized spacial score (nSPS) is 18.9. The number of fused-ring (bicyclic) bond motifs is 1. The molecule has 0 amide bonds. The van der Waals surface area contributed by atoms with Crippen molar-refractivity contribution < 1.29 is 32.2 Å². The molecule has 0 unspecified atom stereocenters. The van der Waals surface area contributed by atoms with Crippen LogP contribution in [0.1, 0.15) is 55.8 Å². The van der Waals surface area contributed by atoms with Crippen LogP contribution in [0.2, 0.25) is 0 Å². The number of likely N-dealkylation sites (tertiary alicyclic amines) is 1. The van der Waals surface area contributed by atoms with Crippen molar-refractivity contribution in [3.8, 4) is 5.75 Å². The number of hydrogen-bond donors (Lipinski definition) is 1. The molecule has 1 fully saturated rings. The summed E-state index contributed by atoms with van der Waals surface area (Å²) in [5.74, 6) is 0.685. The summed E-state index contributed by atoms with van der Waals surface area (Å²) in [7, 11) is 1.57. The summed E-state index contributed by atoms with van der Waals surface area (Å²) in [6, 6.07) is 12.8. The number of rotatable bonds is 13. The molecule has 41 heavy (non-hydrogen) atoms. The number of piperidine rings is 1. The van der Waals surface area contributed by atoms with Crippen LogP contribution in [0.3, 0.4) is 0 Å². The first-order valence-corrected chi connectivity index (χ1v) is 14.9. The summed E-state index contributed by atoms with van der Waals surface area (Å²) in [5.41, 5.74) is 0.682. The molecule has 0 saturated carbocycles. The number of carbonyl (C=O) groups is 1. The van der Waals surface area contributed by atoms with E-state index in [-0.39, 0.29) is 23.2 Å². The van der Waals surface area contributed by atoms with E-state index in [0.29, 0.717) is 48.4 Å². The summed E-state index contributed by atoms with van der Waals surface area (Å²) in [6.45, 7) is 2.26. The molecule has 5 nitrogen and oxygen atoms in total. The lowest BCUT2D eigenvalue weighted by Crippen LogP contribution is -2.41. The topological polar surface area (TPSA) is 62.7 Å². The van der Waals surface area contributed by atoms with E-state index in [9.17, 15) is 23.1 Å². The number of thioether (sulfide) groups is 1. The Hall–Kier alpha value is -2.85. The number of methoxy groups -OCH3 is 1. The van der Waals surface area contributed by atoms with E-state index in [1.54, 1.807) is 37.6 Å². The summed E-state index contributed by atoms with van der Waals surface area (Å²) in [4.78, 5) is 18.2. The fraction of sp³-hybridized carbons (Fsp3) is 0.484. The Bertz CT molecular complexity index is 1310. The zero-order valence-corrected chi connectivity index (χ0v) is 23.9. The van der Waals surface area contributed by atoms with Crippen LogP contribution in [0.4, 0.5) is 17.6 Å². The van der Waals surface area contributed by atoms with E-state index in [2.05, 4.69) is 9.88 Å². The van der Waals surface area contributed by atoms with Crippen molar-refractivity contribution in [2.75, 3.05) is 32.5 Å². The smallest absolute Gasteiger partial charge is 0.417 e. The molecule has 0 radical (unpaired) electrons. The lowest BCUT2D eigenvalue weighted by molar-refractivity contribution is -0.140. The third kappa shape index (κ3) is 8.58. The monoisotopic (exact) mass is 592 g/mol. The molecule has 4 rings (SSSR count). The van der Waals surface area contributed by atoms with Gasteiger partial charge in [-0.25, -0.2) is 4.39 Å². The third-order valence-electron chi connectivity index (χ3n) is 7.88. The van der Waals surface area contributed by atoms with Crippen LogP contribution in [0, 0.1) is 11.8 Å². The van der Waals surface area contributed by atoms with Gasteiger partial charge in [-0.1, -0.05) is 12.1 Å². The summed E-state index contributed by atoms with van der Waals surface area (Å²) in [5, 5.41) is 10.0. The van der Waals surface area contributed by atoms with Crippen molar-refractivity contribution >= 4 is 28.6 Å². The van der Waals surface area contributed by atoms with Crippen LogP contribution < -0.4 is 4.74 Å². The minimum Gasteiger partial charge on any atom is -0.497 e. The lowest BCUT2D eigenvalue weighted by atomic mass is 9.79. The van der Waals surface area contributed by atoms with Gasteiger partial charge in [0.2, 0.25) is 0 Å². The average Bonchev–Trinajstić information content (AvgIpc) is 2.96. The standard InChI is InChI=1S/C31H36F4N2O3S/c1-40-23-9-11-28-25(19-23)24(13-15-36-28)27(32)10-7-21-14-17-37(20-22(21)8-12-30(38)39)16-4-18-41-29-6-3-2-5-26(29)31(33,34)35/h2-3,5-6,9,11,13,15,19,21-22,27H,4,7-8,10,12,14,16-18,20H2,1H3,(H,38,39)/t21-,22-,27-/m1/s1. The number of ether oxygens (including phenoxy) is 1. The van der Waals surface area contributed by atoms with Crippen LogP contribution in [0.15, 0.2) is 59.6 Å². The van der Waals surface area contributed by atoms with Crippen molar-refractivity contribution in [3.05, 3.63) is 65.9 Å². The van der Waals surface area contributed by atoms with E-state index in [4.69, 9.17) is 4.74 Å². The molecular weight excluding hydrogens is 556 g/mol. The SMILES string of the molecule is COc1ccc2nccc([C@H](F)CC[C@@H]3CCN(CCCSc4ccccc4C(F)(F)F)C[C@H]3CCC(=O)O)c2c1. The molecule has 0 spiro atoms. The first-order chi connectivity index (χ1) is 19.7. The van der Waals surface area contributed by atoms with Crippen LogP contribution in [0.5, 0.6) is 5.75 Å². The van der Waals surface area contributed by atoms with Gasteiger partial charge in [-0.05, 0) is 105 Å². The second-order valence-corrected chi connectivity index (χ2v) is 11.7. The molecule has 0 aliphatic carbocycles. The maximum absolute atomic E-state index is 15.6. The molecule has 1 aliphatic heterocycles. The van der Waals surface area contributed by atoms with Gasteiger partial charge in [-0.3, -0.25) is 9.78 Å². The Balaban J connectivity index is 1.32. The number of carboxylic acids is 1. The van der Waals surface area contributed by atoms with Crippen LogP contribution in [-0.4, -0.2) is 53.5 Å². The number of pyridine rings is 1. The molecular formula is C31H36F4N2O3S. The van der Waals surface area contributed by atoms with Crippen LogP contribution in [-0.2, 0) is 11.0 Å². The Labute approximate surface area is 242 Å². The van der Waals surface area contributed by atoms with Gasteiger partial charge in [0, 0.05) is 29.4 Å². The van der Waals surface area contributed by atoms with Gasteiger partial charge >= 0.3 is 12.1 Å². The average molecular weight is 593 g/mol. The Kier molecular flexibility index (Phi) is 10.9. The van der Waals surface area contributed by atoms with Crippen molar-refractivity contribution in [1.29, 1.82) is 0 Å². The second kappa shape index (κ2) is 14.4. The number of benzene rings is 2. The minimum absolute atomic E-state index is 0.0624. The number of aliphatic carboxylic acids is 1. The molecule has 0 bridgehead atoms. The van der Waals surface area contributed by atoms with E-state index in [0.717, 1.165) is 37.4 Å². The van der Waals surface area contributed by atoms with Crippen molar-refractivity contribution in [2.24, 2.45) is 11.8 Å². The first-order valence-electron chi connectivity index (χ1n) is 14.0. The highest BCUT2D eigenvalue weighted by atomic mass is 32.2. The van der Waals surface area contributed by atoms with Crippen molar-refractivity contribution in [2.45, 2.75) is 55.8 Å². The van der Waals surface area contributed by atoms with E-state index in [1.165, 1.54) is 23.9 Å². The fourth-order valence-electron chi connectivity index (χ4n) is 5.73. The highest BCUT2D eigenvalue weighted by molar-refractivity contribution is 7.99. The fourth-order valence-corrected chi connectivity index (χ4v) is 6.74. The van der Waals surface area contributed by atoms with Gasteiger partial charge in [-0.15, -0.1) is 11.8 Å². The van der Waals surface area contributed by atoms with Gasteiger partial charge in [-0.2, -0.15) is 13.2 Å². The van der Waals surface area contributed by atoms with Crippen molar-refractivity contribution in [3.63, 3.8) is 0 Å². The first kappa shape index (κ1) is 31.1. The molecule has 1 aromatic heterocycles.